The molecule has 0 radical (unpaired) electrons. The Balaban J connectivity index is 1.51. The molecule has 0 aliphatic carbocycles. The second-order valence-corrected chi connectivity index (χ2v) is 13.1. The third-order valence-corrected chi connectivity index (χ3v) is 9.36. The third kappa shape index (κ3) is 6.99. The van der Waals surface area contributed by atoms with Gasteiger partial charge in [0.1, 0.15) is 10.6 Å². The molecule has 4 rings (SSSR count). The van der Waals surface area contributed by atoms with Gasteiger partial charge in [0.15, 0.2) is 0 Å². The fraction of sp³-hybridized carbons (Fsp3) is 0.138. The summed E-state index contributed by atoms with van der Waals surface area (Å²) < 4.78 is 62.4. The maximum absolute atomic E-state index is 13.1. The summed E-state index contributed by atoms with van der Waals surface area (Å²) in [7, 11) is -6.61. The highest BCUT2D eigenvalue weighted by atomic mass is 35.5. The Morgan fingerprint density at radius 1 is 0.732 bits per heavy atom. The molecule has 1 amide bonds. The molecule has 0 fully saturated rings. The quantitative estimate of drug-likeness (QED) is 0.208. The van der Waals surface area contributed by atoms with Crippen LogP contribution >= 0.6 is 11.6 Å². The molecule has 0 unspecified atom stereocenters. The minimum Gasteiger partial charge on any atom is -0.495 e. The molecule has 0 heterocycles. The van der Waals surface area contributed by atoms with Crippen LogP contribution in [0.5, 0.6) is 5.75 Å². The summed E-state index contributed by atoms with van der Waals surface area (Å²) >= 11 is 6.20. The molecule has 41 heavy (non-hydrogen) atoms. The molecule has 4 aromatic rings. The maximum Gasteiger partial charge on any atom is 0.263 e. The zero-order valence-corrected chi connectivity index (χ0v) is 25.0. The van der Waals surface area contributed by atoms with E-state index in [1.54, 1.807) is 37.3 Å². The Kier molecular flexibility index (Phi) is 8.62. The highest BCUT2D eigenvalue weighted by Crippen LogP contribution is 2.29. The number of halogens is 1. The number of benzene rings is 4. The van der Waals surface area contributed by atoms with E-state index in [-0.39, 0.29) is 20.4 Å². The number of carbonyl (C=O) groups is 1. The van der Waals surface area contributed by atoms with Crippen LogP contribution in [0.15, 0.2) is 88.7 Å². The zero-order valence-electron chi connectivity index (χ0n) is 22.6. The topological polar surface area (TPSA) is 131 Å². The van der Waals surface area contributed by atoms with Crippen LogP contribution in [0.3, 0.4) is 0 Å². The van der Waals surface area contributed by atoms with Gasteiger partial charge in [0, 0.05) is 11.3 Å². The van der Waals surface area contributed by atoms with Crippen molar-refractivity contribution in [3.8, 4) is 5.75 Å². The summed E-state index contributed by atoms with van der Waals surface area (Å²) in [5, 5.41) is 2.59. The van der Waals surface area contributed by atoms with Crippen LogP contribution in [-0.4, -0.2) is 29.9 Å². The molecule has 3 N–H and O–H groups in total. The molecular weight excluding hydrogens is 586 g/mol. The molecule has 0 aliphatic rings. The van der Waals surface area contributed by atoms with Crippen LogP contribution in [0, 0.1) is 20.8 Å². The van der Waals surface area contributed by atoms with Gasteiger partial charge in [-0.05, 0) is 92.6 Å². The molecule has 0 bridgehead atoms. The molecule has 0 aromatic heterocycles. The Hall–Kier alpha value is -4.06. The lowest BCUT2D eigenvalue weighted by atomic mass is 10.1. The predicted molar refractivity (Wildman–Crippen MR) is 161 cm³/mol. The second kappa shape index (κ2) is 11.8. The third-order valence-electron chi connectivity index (χ3n) is 6.13. The van der Waals surface area contributed by atoms with E-state index in [0.29, 0.717) is 22.8 Å². The van der Waals surface area contributed by atoms with E-state index in [1.807, 2.05) is 19.9 Å². The number of carbonyl (C=O) groups excluding carboxylic acids is 1. The van der Waals surface area contributed by atoms with Crippen molar-refractivity contribution in [2.45, 2.75) is 30.6 Å². The Labute approximate surface area is 244 Å². The first-order chi connectivity index (χ1) is 19.3. The average molecular weight is 614 g/mol. The van der Waals surface area contributed by atoms with Crippen LogP contribution in [0.1, 0.15) is 27.0 Å². The number of ether oxygens (including phenoxy) is 1. The first kappa shape index (κ1) is 29.9. The minimum absolute atomic E-state index is 0.0311. The molecule has 0 saturated carbocycles. The molecule has 214 valence electrons. The van der Waals surface area contributed by atoms with Gasteiger partial charge >= 0.3 is 0 Å². The SMILES string of the molecule is COc1ccc(C)cc1NS(=O)(=O)c1ccc(NC(=O)c2ccc(Cl)c(S(=O)(=O)Nc3ccc(C)cc3C)c2)cc1. The molecule has 0 aliphatic heterocycles. The van der Waals surface area contributed by atoms with E-state index in [2.05, 4.69) is 14.8 Å². The molecule has 0 atom stereocenters. The Bertz CT molecular complexity index is 1840. The number of rotatable bonds is 9. The van der Waals surface area contributed by atoms with Crippen molar-refractivity contribution >= 4 is 54.6 Å². The number of anilines is 3. The van der Waals surface area contributed by atoms with E-state index >= 15 is 0 Å². The Morgan fingerprint density at radius 2 is 1.37 bits per heavy atom. The standard InChI is InChI=1S/C29H28ClN3O6S2/c1-18-5-13-25(20(3)15-18)32-41(37,38)28-17-21(7-12-24(28)30)29(34)31-22-8-10-23(11-9-22)40(35,36)33-26-16-19(2)6-14-27(26)39-4/h5-17,32-33H,1-4H3,(H,31,34). The van der Waals surface area contributed by atoms with Crippen LogP contribution in [-0.2, 0) is 20.0 Å². The van der Waals surface area contributed by atoms with Gasteiger partial charge in [-0.1, -0.05) is 35.4 Å². The summed E-state index contributed by atoms with van der Waals surface area (Å²) in [5.74, 6) is -0.237. The van der Waals surface area contributed by atoms with Gasteiger partial charge in [0.25, 0.3) is 26.0 Å². The lowest BCUT2D eigenvalue weighted by molar-refractivity contribution is 0.102. The van der Waals surface area contributed by atoms with Crippen molar-refractivity contribution < 1.29 is 26.4 Å². The monoisotopic (exact) mass is 613 g/mol. The van der Waals surface area contributed by atoms with E-state index in [0.717, 1.165) is 16.7 Å². The number of sulfonamides is 2. The average Bonchev–Trinajstić information content (AvgIpc) is 2.90. The van der Waals surface area contributed by atoms with Crippen molar-refractivity contribution in [1.29, 1.82) is 0 Å². The highest BCUT2D eigenvalue weighted by Gasteiger charge is 2.22. The number of nitrogens with one attached hydrogen (secondary N) is 3. The smallest absolute Gasteiger partial charge is 0.263 e. The van der Waals surface area contributed by atoms with Gasteiger partial charge in [-0.3, -0.25) is 14.2 Å². The summed E-state index contributed by atoms with van der Waals surface area (Å²) in [6.07, 6.45) is 0. The second-order valence-electron chi connectivity index (χ2n) is 9.36. The van der Waals surface area contributed by atoms with Gasteiger partial charge in [0.05, 0.1) is 28.4 Å². The van der Waals surface area contributed by atoms with Crippen molar-refractivity contribution in [3.05, 3.63) is 106 Å². The van der Waals surface area contributed by atoms with E-state index in [4.69, 9.17) is 16.3 Å². The van der Waals surface area contributed by atoms with Crippen molar-refractivity contribution in [1.82, 2.24) is 0 Å². The molecule has 4 aromatic carbocycles. The maximum atomic E-state index is 13.1. The zero-order chi connectivity index (χ0) is 29.9. The van der Waals surface area contributed by atoms with E-state index in [9.17, 15) is 21.6 Å². The fourth-order valence-electron chi connectivity index (χ4n) is 4.00. The summed E-state index contributed by atoms with van der Waals surface area (Å²) in [6.45, 7) is 5.51. The largest absolute Gasteiger partial charge is 0.495 e. The molecule has 12 heteroatoms. The van der Waals surface area contributed by atoms with Gasteiger partial charge in [0.2, 0.25) is 0 Å². The van der Waals surface area contributed by atoms with Gasteiger partial charge < -0.3 is 10.1 Å². The summed E-state index contributed by atoms with van der Waals surface area (Å²) in [5.41, 5.74) is 3.60. The van der Waals surface area contributed by atoms with Gasteiger partial charge in [-0.25, -0.2) is 16.8 Å². The highest BCUT2D eigenvalue weighted by molar-refractivity contribution is 7.93. The minimum atomic E-state index is -4.11. The molecule has 0 saturated heterocycles. The molecule has 0 spiro atoms. The van der Waals surface area contributed by atoms with Crippen LogP contribution < -0.4 is 19.5 Å². The number of hydrogen-bond donors (Lipinski definition) is 3. The summed E-state index contributed by atoms with van der Waals surface area (Å²) in [6, 6.07) is 19.8. The van der Waals surface area contributed by atoms with Crippen LogP contribution in [0.4, 0.5) is 17.1 Å². The first-order valence-corrected chi connectivity index (χ1v) is 15.6. The lowest BCUT2D eigenvalue weighted by Crippen LogP contribution is -2.17. The number of aryl methyl sites for hydroxylation is 3. The van der Waals surface area contributed by atoms with Crippen molar-refractivity contribution in [3.63, 3.8) is 0 Å². The summed E-state index contributed by atoms with van der Waals surface area (Å²) in [4.78, 5) is 12.7. The van der Waals surface area contributed by atoms with Crippen LogP contribution in [0.25, 0.3) is 0 Å². The molecule has 9 nitrogen and oxygen atoms in total. The van der Waals surface area contributed by atoms with Crippen LogP contribution in [0.2, 0.25) is 5.02 Å². The van der Waals surface area contributed by atoms with Gasteiger partial charge in [-0.2, -0.15) is 0 Å². The number of methoxy groups -OCH3 is 1. The van der Waals surface area contributed by atoms with Crippen molar-refractivity contribution in [2.75, 3.05) is 21.9 Å². The lowest BCUT2D eigenvalue weighted by Gasteiger charge is -2.14. The van der Waals surface area contributed by atoms with E-state index in [1.165, 1.54) is 49.6 Å². The van der Waals surface area contributed by atoms with Gasteiger partial charge in [-0.15, -0.1) is 0 Å². The normalized spacial score (nSPS) is 11.5. The predicted octanol–water partition coefficient (Wildman–Crippen LogP) is 6.13. The fourth-order valence-corrected chi connectivity index (χ4v) is 6.72. The number of amides is 1. The first-order valence-electron chi connectivity index (χ1n) is 12.3. The van der Waals surface area contributed by atoms with E-state index < -0.39 is 26.0 Å². The molecular formula is C29H28ClN3O6S2. The van der Waals surface area contributed by atoms with Crippen molar-refractivity contribution in [2.24, 2.45) is 0 Å². The Morgan fingerprint density at radius 3 is 2.02 bits per heavy atom. The number of hydrogen-bond acceptors (Lipinski definition) is 6.